The van der Waals surface area contributed by atoms with E-state index in [0.717, 1.165) is 0 Å². The van der Waals surface area contributed by atoms with Gasteiger partial charge in [-0.25, -0.2) is 9.59 Å². The summed E-state index contributed by atoms with van der Waals surface area (Å²) in [6.45, 7) is 3.18. The van der Waals surface area contributed by atoms with Gasteiger partial charge in [0, 0.05) is 5.57 Å². The van der Waals surface area contributed by atoms with Crippen LogP contribution >= 0.6 is 0 Å². The molecule has 0 saturated carbocycles. The summed E-state index contributed by atoms with van der Waals surface area (Å²) in [6, 6.07) is 0. The third kappa shape index (κ3) is 3.12. The van der Waals surface area contributed by atoms with E-state index < -0.39 is 18.2 Å². The molecule has 1 aliphatic heterocycles. The Labute approximate surface area is 87.0 Å². The summed E-state index contributed by atoms with van der Waals surface area (Å²) in [6.07, 6.45) is 3.06. The Morgan fingerprint density at radius 2 is 2.13 bits per heavy atom. The minimum atomic E-state index is -0.979. The number of carboxylic acid groups (broad SMARTS) is 1. The molecule has 1 N–H and O–H groups in total. The highest BCUT2D eigenvalue weighted by molar-refractivity contribution is 5.86. The molecule has 0 aromatic carbocycles. The van der Waals surface area contributed by atoms with E-state index in [-0.39, 0.29) is 11.7 Å². The average Bonchev–Trinajstić information content (AvgIpc) is 2.45. The van der Waals surface area contributed by atoms with E-state index in [2.05, 4.69) is 0 Å². The van der Waals surface area contributed by atoms with Gasteiger partial charge < -0.3 is 14.6 Å². The third-order valence-corrected chi connectivity index (χ3v) is 1.96. The van der Waals surface area contributed by atoms with Gasteiger partial charge in [-0.2, -0.15) is 0 Å². The molecule has 1 heterocycles. The fourth-order valence-electron chi connectivity index (χ4n) is 1.03. The minimum absolute atomic E-state index is 0.212. The normalized spacial score (nSPS) is 26.5. The Bertz CT molecular complexity index is 329. The first-order valence-electron chi connectivity index (χ1n) is 4.46. The van der Waals surface area contributed by atoms with Crippen molar-refractivity contribution < 1.29 is 24.2 Å². The highest BCUT2D eigenvalue weighted by Gasteiger charge is 2.30. The predicted octanol–water partition coefficient (Wildman–Crippen LogP) is 1.50. The summed E-state index contributed by atoms with van der Waals surface area (Å²) in [5.74, 6) is -0.979. The zero-order valence-electron chi connectivity index (χ0n) is 8.47. The molecule has 0 bridgehead atoms. The molecule has 5 nitrogen and oxygen atoms in total. The van der Waals surface area contributed by atoms with Crippen molar-refractivity contribution in [1.82, 2.24) is 0 Å². The molecule has 15 heavy (non-hydrogen) atoms. The molecule has 2 atom stereocenters. The maximum Gasteiger partial charge on any atom is 0.509 e. The van der Waals surface area contributed by atoms with Gasteiger partial charge in [-0.05, 0) is 19.9 Å². The summed E-state index contributed by atoms with van der Waals surface area (Å²) in [5.41, 5.74) is 0.212. The molecule has 0 radical (unpaired) electrons. The summed E-state index contributed by atoms with van der Waals surface area (Å²) in [4.78, 5) is 21.1. The van der Waals surface area contributed by atoms with Crippen LogP contribution in [-0.4, -0.2) is 29.4 Å². The molecule has 0 spiro atoms. The second-order valence-electron chi connectivity index (χ2n) is 3.20. The number of ether oxygens (including phenoxy) is 2. The number of carboxylic acids is 1. The van der Waals surface area contributed by atoms with E-state index in [1.165, 1.54) is 19.1 Å². The third-order valence-electron chi connectivity index (χ3n) is 1.96. The Balaban J connectivity index is 2.55. The summed E-state index contributed by atoms with van der Waals surface area (Å²) in [5, 5.41) is 8.56. The molecular formula is C10H12O5. The zero-order chi connectivity index (χ0) is 11.4. The number of cyclic esters (lactones) is 2. The van der Waals surface area contributed by atoms with Gasteiger partial charge in [-0.1, -0.05) is 12.2 Å². The first-order chi connectivity index (χ1) is 7.00. The van der Waals surface area contributed by atoms with Crippen LogP contribution in [0.2, 0.25) is 0 Å². The molecule has 0 amide bonds. The van der Waals surface area contributed by atoms with Crippen molar-refractivity contribution in [2.45, 2.75) is 26.1 Å². The average molecular weight is 212 g/mol. The Kier molecular flexibility index (Phi) is 3.49. The summed E-state index contributed by atoms with van der Waals surface area (Å²) in [7, 11) is 0. The van der Waals surface area contributed by atoms with E-state index in [9.17, 15) is 9.59 Å². The zero-order valence-corrected chi connectivity index (χ0v) is 8.47. The first kappa shape index (κ1) is 11.3. The van der Waals surface area contributed by atoms with E-state index >= 15 is 0 Å². The van der Waals surface area contributed by atoms with Gasteiger partial charge in [-0.15, -0.1) is 0 Å². The Morgan fingerprint density at radius 1 is 1.47 bits per heavy atom. The molecule has 82 valence electrons. The highest BCUT2D eigenvalue weighted by Crippen LogP contribution is 2.15. The van der Waals surface area contributed by atoms with Crippen molar-refractivity contribution in [3.8, 4) is 0 Å². The Morgan fingerprint density at radius 3 is 2.60 bits per heavy atom. The number of carbonyl (C=O) groups is 2. The molecule has 1 rings (SSSR count). The van der Waals surface area contributed by atoms with Crippen LogP contribution in [0.25, 0.3) is 0 Å². The van der Waals surface area contributed by atoms with Gasteiger partial charge in [0.15, 0.2) is 6.10 Å². The highest BCUT2D eigenvalue weighted by atomic mass is 16.8. The number of rotatable bonds is 3. The molecule has 1 saturated heterocycles. The lowest BCUT2D eigenvalue weighted by Crippen LogP contribution is -2.15. The van der Waals surface area contributed by atoms with Crippen molar-refractivity contribution in [3.05, 3.63) is 23.8 Å². The fourth-order valence-corrected chi connectivity index (χ4v) is 1.03. The largest absolute Gasteiger partial charge is 0.509 e. The number of aliphatic carboxylic acids is 1. The van der Waals surface area contributed by atoms with Crippen LogP contribution in [0.3, 0.4) is 0 Å². The van der Waals surface area contributed by atoms with Crippen LogP contribution in [0.1, 0.15) is 13.8 Å². The van der Waals surface area contributed by atoms with Gasteiger partial charge in [0.1, 0.15) is 6.10 Å². The van der Waals surface area contributed by atoms with Crippen LogP contribution < -0.4 is 0 Å². The van der Waals surface area contributed by atoms with Gasteiger partial charge in [-0.3, -0.25) is 0 Å². The van der Waals surface area contributed by atoms with Crippen molar-refractivity contribution in [3.63, 3.8) is 0 Å². The molecule has 0 aliphatic carbocycles. The molecule has 0 aromatic rings. The summed E-state index contributed by atoms with van der Waals surface area (Å²) >= 11 is 0. The van der Waals surface area contributed by atoms with E-state index in [1.54, 1.807) is 13.0 Å². The van der Waals surface area contributed by atoms with Crippen LogP contribution in [0.5, 0.6) is 0 Å². The van der Waals surface area contributed by atoms with E-state index in [4.69, 9.17) is 14.6 Å². The smallest absolute Gasteiger partial charge is 0.478 e. The monoisotopic (exact) mass is 212 g/mol. The van der Waals surface area contributed by atoms with Crippen LogP contribution in [0, 0.1) is 0 Å². The summed E-state index contributed by atoms with van der Waals surface area (Å²) < 4.78 is 9.52. The number of hydrogen-bond donors (Lipinski definition) is 1. The van der Waals surface area contributed by atoms with Gasteiger partial charge >= 0.3 is 12.1 Å². The quantitative estimate of drug-likeness (QED) is 0.436. The van der Waals surface area contributed by atoms with Crippen LogP contribution in [0.4, 0.5) is 4.79 Å². The standard InChI is InChI=1S/C10H12O5/c1-6(9(11)12)4-3-5-8-7(2)14-10(13)15-8/h3-5,7-8H,1-2H3,(H,11,12)/b5-3+,6-4+/t7-,8-/m1/s1. The topological polar surface area (TPSA) is 72.8 Å². The minimum Gasteiger partial charge on any atom is -0.478 e. The maximum absolute atomic E-state index is 10.7. The second kappa shape index (κ2) is 4.63. The molecule has 0 unspecified atom stereocenters. The SMILES string of the molecule is C/C(=C\C=C\[C@H]1OC(=O)O[C@@H]1C)C(=O)O. The predicted molar refractivity (Wildman–Crippen MR) is 51.3 cm³/mol. The van der Waals surface area contributed by atoms with Gasteiger partial charge in [0.05, 0.1) is 0 Å². The van der Waals surface area contributed by atoms with E-state index in [0.29, 0.717) is 0 Å². The van der Waals surface area contributed by atoms with E-state index in [1.807, 2.05) is 0 Å². The second-order valence-corrected chi connectivity index (χ2v) is 3.20. The lowest BCUT2D eigenvalue weighted by Gasteiger charge is -2.03. The van der Waals surface area contributed by atoms with Gasteiger partial charge in [0.2, 0.25) is 0 Å². The van der Waals surface area contributed by atoms with Crippen molar-refractivity contribution in [2.24, 2.45) is 0 Å². The van der Waals surface area contributed by atoms with Gasteiger partial charge in [0.25, 0.3) is 0 Å². The number of allylic oxidation sites excluding steroid dienone is 2. The first-order valence-corrected chi connectivity index (χ1v) is 4.46. The van der Waals surface area contributed by atoms with Crippen LogP contribution in [0.15, 0.2) is 23.8 Å². The molecule has 5 heteroatoms. The number of carbonyl (C=O) groups excluding carboxylic acids is 1. The number of hydrogen-bond acceptors (Lipinski definition) is 4. The maximum atomic E-state index is 10.7. The molecular weight excluding hydrogens is 200 g/mol. The molecule has 1 aliphatic rings. The Hall–Kier alpha value is -1.78. The van der Waals surface area contributed by atoms with Crippen molar-refractivity contribution >= 4 is 12.1 Å². The lowest BCUT2D eigenvalue weighted by molar-refractivity contribution is -0.132. The van der Waals surface area contributed by atoms with Crippen molar-refractivity contribution in [1.29, 1.82) is 0 Å². The van der Waals surface area contributed by atoms with Crippen LogP contribution in [-0.2, 0) is 14.3 Å². The van der Waals surface area contributed by atoms with Crippen molar-refractivity contribution in [2.75, 3.05) is 0 Å². The fraction of sp³-hybridized carbons (Fsp3) is 0.400. The molecule has 0 aromatic heterocycles. The molecule has 1 fully saturated rings. The lowest BCUT2D eigenvalue weighted by atomic mass is 10.2.